The van der Waals surface area contributed by atoms with Gasteiger partial charge in [-0.1, -0.05) is 48.5 Å². The second kappa shape index (κ2) is 8.85. The Labute approximate surface area is 159 Å². The molecule has 27 heavy (non-hydrogen) atoms. The minimum absolute atomic E-state index is 0.0402. The highest BCUT2D eigenvalue weighted by Gasteiger charge is 2.13. The minimum atomic E-state index is -0.0402. The van der Waals surface area contributed by atoms with Gasteiger partial charge in [-0.3, -0.25) is 4.79 Å². The van der Waals surface area contributed by atoms with E-state index in [1.807, 2.05) is 54.6 Å². The van der Waals surface area contributed by atoms with Gasteiger partial charge in [-0.15, -0.1) is 0 Å². The Morgan fingerprint density at radius 3 is 2.59 bits per heavy atom. The van der Waals surface area contributed by atoms with Gasteiger partial charge in [0.1, 0.15) is 11.6 Å². The normalized spacial score (nSPS) is 10.3. The van der Waals surface area contributed by atoms with Crippen LogP contribution >= 0.6 is 0 Å². The van der Waals surface area contributed by atoms with Gasteiger partial charge in [0, 0.05) is 37.5 Å². The Hall–Kier alpha value is -3.34. The number of carbonyl (C=O) groups is 1. The van der Waals surface area contributed by atoms with Crippen molar-refractivity contribution < 1.29 is 9.53 Å². The van der Waals surface area contributed by atoms with Crippen LogP contribution in [-0.2, 0) is 13.1 Å². The summed E-state index contributed by atoms with van der Waals surface area (Å²) in [6, 6.07) is 21.3. The molecular weight excluding hydrogens is 338 g/mol. The van der Waals surface area contributed by atoms with Gasteiger partial charge in [-0.05, 0) is 23.8 Å². The van der Waals surface area contributed by atoms with Crippen molar-refractivity contribution in [3.63, 3.8) is 0 Å². The van der Waals surface area contributed by atoms with E-state index in [9.17, 15) is 4.79 Å². The number of aromatic nitrogens is 1. The zero-order chi connectivity index (χ0) is 19.1. The number of methoxy groups -OCH3 is 1. The van der Waals surface area contributed by atoms with E-state index in [-0.39, 0.29) is 5.91 Å². The third-order valence-electron chi connectivity index (χ3n) is 4.27. The van der Waals surface area contributed by atoms with Crippen molar-refractivity contribution in [3.05, 3.63) is 89.6 Å². The zero-order valence-corrected chi connectivity index (χ0v) is 15.6. The van der Waals surface area contributed by atoms with Gasteiger partial charge in [0.15, 0.2) is 0 Å². The number of ether oxygens (including phenoxy) is 1. The number of para-hydroxylation sites is 1. The standard InChI is InChI=1S/C22H23N3O2/c1-25(16-17-8-4-3-5-9-17)22(26)18-12-13-23-21(14-18)24-15-19-10-6-7-11-20(19)27-2/h3-14H,15-16H2,1-2H3,(H,23,24). The lowest BCUT2D eigenvalue weighted by atomic mass is 10.2. The van der Waals surface area contributed by atoms with Gasteiger partial charge in [0.2, 0.25) is 0 Å². The molecule has 5 nitrogen and oxygen atoms in total. The summed E-state index contributed by atoms with van der Waals surface area (Å²) in [5, 5.41) is 3.26. The first-order valence-corrected chi connectivity index (χ1v) is 8.78. The summed E-state index contributed by atoms with van der Waals surface area (Å²) in [5.41, 5.74) is 2.72. The Bertz CT molecular complexity index is 897. The van der Waals surface area contributed by atoms with Gasteiger partial charge in [0.05, 0.1) is 7.11 Å². The highest BCUT2D eigenvalue weighted by Crippen LogP contribution is 2.19. The van der Waals surface area contributed by atoms with E-state index >= 15 is 0 Å². The summed E-state index contributed by atoms with van der Waals surface area (Å²) in [5.74, 6) is 1.43. The molecule has 0 saturated heterocycles. The minimum Gasteiger partial charge on any atom is -0.496 e. The van der Waals surface area contributed by atoms with Gasteiger partial charge >= 0.3 is 0 Å². The predicted octanol–water partition coefficient (Wildman–Crippen LogP) is 3.97. The third kappa shape index (κ3) is 4.85. The number of nitrogens with one attached hydrogen (secondary N) is 1. The molecule has 0 unspecified atom stereocenters. The summed E-state index contributed by atoms with van der Waals surface area (Å²) in [4.78, 5) is 18.7. The van der Waals surface area contributed by atoms with E-state index in [1.54, 1.807) is 37.4 Å². The number of carbonyl (C=O) groups excluding carboxylic acids is 1. The van der Waals surface area contributed by atoms with Crippen LogP contribution in [-0.4, -0.2) is 29.9 Å². The summed E-state index contributed by atoms with van der Waals surface area (Å²) in [6.07, 6.45) is 1.65. The van der Waals surface area contributed by atoms with Crippen molar-refractivity contribution in [1.82, 2.24) is 9.88 Å². The van der Waals surface area contributed by atoms with Gasteiger partial charge in [0.25, 0.3) is 5.91 Å². The van der Waals surface area contributed by atoms with E-state index in [0.717, 1.165) is 16.9 Å². The highest BCUT2D eigenvalue weighted by atomic mass is 16.5. The van der Waals surface area contributed by atoms with Gasteiger partial charge < -0.3 is 15.0 Å². The maximum Gasteiger partial charge on any atom is 0.254 e. The quantitative estimate of drug-likeness (QED) is 0.692. The van der Waals surface area contributed by atoms with Crippen molar-refractivity contribution in [2.75, 3.05) is 19.5 Å². The van der Waals surface area contributed by atoms with Crippen molar-refractivity contribution in [2.45, 2.75) is 13.1 Å². The van der Waals surface area contributed by atoms with Crippen LogP contribution in [0.15, 0.2) is 72.9 Å². The van der Waals surface area contributed by atoms with E-state index in [1.165, 1.54) is 0 Å². The first kappa shape index (κ1) is 18.5. The lowest BCUT2D eigenvalue weighted by Crippen LogP contribution is -2.26. The highest BCUT2D eigenvalue weighted by molar-refractivity contribution is 5.94. The van der Waals surface area contributed by atoms with E-state index < -0.39 is 0 Å². The SMILES string of the molecule is COc1ccccc1CNc1cc(C(=O)N(C)Cc2ccccc2)ccn1. The predicted molar refractivity (Wildman–Crippen MR) is 107 cm³/mol. The fourth-order valence-electron chi connectivity index (χ4n) is 2.84. The van der Waals surface area contributed by atoms with Crippen LogP contribution in [0.4, 0.5) is 5.82 Å². The average Bonchev–Trinajstić information content (AvgIpc) is 2.72. The molecule has 1 heterocycles. The monoisotopic (exact) mass is 361 g/mol. The smallest absolute Gasteiger partial charge is 0.254 e. The Morgan fingerprint density at radius 2 is 1.81 bits per heavy atom. The summed E-state index contributed by atoms with van der Waals surface area (Å²) >= 11 is 0. The molecule has 3 rings (SSSR count). The molecule has 0 saturated carbocycles. The Morgan fingerprint density at radius 1 is 1.07 bits per heavy atom. The van der Waals surface area contributed by atoms with Crippen molar-refractivity contribution >= 4 is 11.7 Å². The van der Waals surface area contributed by atoms with E-state index in [0.29, 0.717) is 24.5 Å². The third-order valence-corrected chi connectivity index (χ3v) is 4.27. The molecular formula is C22H23N3O2. The summed E-state index contributed by atoms with van der Waals surface area (Å²) in [6.45, 7) is 1.13. The van der Waals surface area contributed by atoms with Crippen LogP contribution in [0.2, 0.25) is 0 Å². The molecule has 0 fully saturated rings. The van der Waals surface area contributed by atoms with Gasteiger partial charge in [-0.2, -0.15) is 0 Å². The van der Waals surface area contributed by atoms with Crippen molar-refractivity contribution in [2.24, 2.45) is 0 Å². The molecule has 1 aromatic heterocycles. The lowest BCUT2D eigenvalue weighted by molar-refractivity contribution is 0.0785. The Balaban J connectivity index is 1.66. The number of hydrogen-bond donors (Lipinski definition) is 1. The van der Waals surface area contributed by atoms with Crippen LogP contribution in [0.5, 0.6) is 5.75 Å². The first-order valence-electron chi connectivity index (χ1n) is 8.78. The number of benzene rings is 2. The molecule has 0 spiro atoms. The second-order valence-electron chi connectivity index (χ2n) is 6.24. The fourth-order valence-corrected chi connectivity index (χ4v) is 2.84. The molecule has 0 aliphatic rings. The second-order valence-corrected chi connectivity index (χ2v) is 6.24. The van der Waals surface area contributed by atoms with Gasteiger partial charge in [-0.25, -0.2) is 4.98 Å². The molecule has 138 valence electrons. The van der Waals surface area contributed by atoms with Crippen molar-refractivity contribution in [3.8, 4) is 5.75 Å². The Kier molecular flexibility index (Phi) is 6.05. The molecule has 3 aromatic rings. The zero-order valence-electron chi connectivity index (χ0n) is 15.6. The van der Waals surface area contributed by atoms with Crippen LogP contribution < -0.4 is 10.1 Å². The maximum atomic E-state index is 12.7. The fraction of sp³-hybridized carbons (Fsp3) is 0.182. The molecule has 5 heteroatoms. The van der Waals surface area contributed by atoms with Crippen LogP contribution in [0.1, 0.15) is 21.5 Å². The molecule has 1 amide bonds. The molecule has 2 aromatic carbocycles. The molecule has 0 radical (unpaired) electrons. The van der Waals surface area contributed by atoms with E-state index in [2.05, 4.69) is 10.3 Å². The number of rotatable bonds is 7. The molecule has 0 aliphatic carbocycles. The first-order chi connectivity index (χ1) is 13.2. The average molecular weight is 361 g/mol. The molecule has 0 aliphatic heterocycles. The number of pyridine rings is 1. The summed E-state index contributed by atoms with van der Waals surface area (Å²) < 4.78 is 5.36. The van der Waals surface area contributed by atoms with Crippen LogP contribution in [0, 0.1) is 0 Å². The number of amides is 1. The van der Waals surface area contributed by atoms with E-state index in [4.69, 9.17) is 4.74 Å². The lowest BCUT2D eigenvalue weighted by Gasteiger charge is -2.18. The molecule has 1 N–H and O–H groups in total. The maximum absolute atomic E-state index is 12.7. The number of nitrogens with zero attached hydrogens (tertiary/aromatic N) is 2. The molecule has 0 bridgehead atoms. The number of hydrogen-bond acceptors (Lipinski definition) is 4. The van der Waals surface area contributed by atoms with Crippen LogP contribution in [0.25, 0.3) is 0 Å². The topological polar surface area (TPSA) is 54.5 Å². The number of anilines is 1. The molecule has 0 atom stereocenters. The largest absolute Gasteiger partial charge is 0.496 e. The van der Waals surface area contributed by atoms with Crippen molar-refractivity contribution in [1.29, 1.82) is 0 Å². The summed E-state index contributed by atoms with van der Waals surface area (Å²) in [7, 11) is 3.46. The van der Waals surface area contributed by atoms with Crippen LogP contribution in [0.3, 0.4) is 0 Å².